The van der Waals surface area contributed by atoms with E-state index in [1.165, 1.54) is 12.0 Å². The number of hydrogen-bond acceptors (Lipinski definition) is 3. The van der Waals surface area contributed by atoms with Gasteiger partial charge in [0.25, 0.3) is 0 Å². The molecule has 3 heteroatoms. The predicted molar refractivity (Wildman–Crippen MR) is 59.3 cm³/mol. The molecule has 1 aromatic carbocycles. The summed E-state index contributed by atoms with van der Waals surface area (Å²) >= 11 is 0. The first kappa shape index (κ1) is 9.93. The van der Waals surface area contributed by atoms with E-state index in [1.54, 1.807) is 6.20 Å². The Morgan fingerprint density at radius 2 is 2.20 bits per heavy atom. The van der Waals surface area contributed by atoms with Crippen LogP contribution in [0.2, 0.25) is 0 Å². The minimum absolute atomic E-state index is 0.147. The van der Waals surface area contributed by atoms with Crippen LogP contribution < -0.4 is 5.73 Å². The molecule has 3 nitrogen and oxygen atoms in total. The average molecular weight is 202 g/mol. The summed E-state index contributed by atoms with van der Waals surface area (Å²) < 4.78 is 5.29. The summed E-state index contributed by atoms with van der Waals surface area (Å²) in [6.07, 6.45) is 4.01. The van der Waals surface area contributed by atoms with Crippen LogP contribution in [-0.4, -0.2) is 11.0 Å². The second kappa shape index (κ2) is 4.28. The Balaban J connectivity index is 2.38. The van der Waals surface area contributed by atoms with E-state index in [2.05, 4.69) is 11.1 Å². The van der Waals surface area contributed by atoms with Crippen molar-refractivity contribution in [3.05, 3.63) is 42.4 Å². The third-order valence-corrected chi connectivity index (χ3v) is 2.26. The first-order chi connectivity index (χ1) is 7.27. The highest BCUT2D eigenvalue weighted by Gasteiger charge is 2.08. The number of oxazole rings is 1. The molecule has 0 saturated carbocycles. The van der Waals surface area contributed by atoms with Crippen molar-refractivity contribution in [2.24, 2.45) is 5.73 Å². The predicted octanol–water partition coefficient (Wildman–Crippen LogP) is 2.23. The molecule has 0 aliphatic carbocycles. The monoisotopic (exact) mass is 202 g/mol. The molecule has 0 radical (unpaired) electrons. The van der Waals surface area contributed by atoms with Crippen LogP contribution in [-0.2, 0) is 6.42 Å². The van der Waals surface area contributed by atoms with E-state index in [9.17, 15) is 0 Å². The third-order valence-electron chi connectivity index (χ3n) is 2.26. The van der Waals surface area contributed by atoms with Gasteiger partial charge in [-0.15, -0.1) is 0 Å². The molecule has 0 amide bonds. The SMILES string of the molecule is CC(N)Cc1ccccc1-c1cnco1. The number of benzene rings is 1. The van der Waals surface area contributed by atoms with Gasteiger partial charge >= 0.3 is 0 Å². The zero-order valence-electron chi connectivity index (χ0n) is 8.68. The molecule has 78 valence electrons. The lowest BCUT2D eigenvalue weighted by Crippen LogP contribution is -2.18. The number of hydrogen-bond donors (Lipinski definition) is 1. The maximum absolute atomic E-state index is 5.80. The molecule has 2 aromatic rings. The van der Waals surface area contributed by atoms with E-state index in [1.807, 2.05) is 25.1 Å². The van der Waals surface area contributed by atoms with Crippen LogP contribution >= 0.6 is 0 Å². The van der Waals surface area contributed by atoms with Gasteiger partial charge in [-0.05, 0) is 18.9 Å². The van der Waals surface area contributed by atoms with Gasteiger partial charge in [0.05, 0.1) is 6.20 Å². The lowest BCUT2D eigenvalue weighted by Gasteiger charge is -2.09. The molecule has 1 heterocycles. The molecule has 0 fully saturated rings. The molecule has 1 unspecified atom stereocenters. The summed E-state index contributed by atoms with van der Waals surface area (Å²) in [5, 5.41) is 0. The molecular formula is C12H14N2O. The molecule has 2 rings (SSSR count). The van der Waals surface area contributed by atoms with E-state index >= 15 is 0 Å². The van der Waals surface area contributed by atoms with Crippen molar-refractivity contribution < 1.29 is 4.42 Å². The van der Waals surface area contributed by atoms with Gasteiger partial charge in [-0.3, -0.25) is 0 Å². The number of nitrogens with zero attached hydrogens (tertiary/aromatic N) is 1. The molecule has 0 spiro atoms. The molecule has 1 atom stereocenters. The molecule has 0 aliphatic rings. The van der Waals surface area contributed by atoms with Crippen LogP contribution in [0.15, 0.2) is 41.3 Å². The Bertz CT molecular complexity index is 421. The lowest BCUT2D eigenvalue weighted by molar-refractivity contribution is 0.571. The fourth-order valence-corrected chi connectivity index (χ4v) is 1.63. The van der Waals surface area contributed by atoms with Crippen molar-refractivity contribution in [2.45, 2.75) is 19.4 Å². The second-order valence-electron chi connectivity index (χ2n) is 3.70. The fourth-order valence-electron chi connectivity index (χ4n) is 1.63. The Hall–Kier alpha value is -1.61. The van der Waals surface area contributed by atoms with Crippen LogP contribution in [0.25, 0.3) is 11.3 Å². The van der Waals surface area contributed by atoms with Crippen LogP contribution in [0, 0.1) is 0 Å². The van der Waals surface area contributed by atoms with Crippen LogP contribution in [0.4, 0.5) is 0 Å². The first-order valence-electron chi connectivity index (χ1n) is 4.99. The van der Waals surface area contributed by atoms with E-state index in [0.29, 0.717) is 0 Å². The Morgan fingerprint density at radius 3 is 2.87 bits per heavy atom. The van der Waals surface area contributed by atoms with Crippen molar-refractivity contribution in [2.75, 3.05) is 0 Å². The fraction of sp³-hybridized carbons (Fsp3) is 0.250. The van der Waals surface area contributed by atoms with Crippen molar-refractivity contribution in [3.63, 3.8) is 0 Å². The van der Waals surface area contributed by atoms with E-state index in [4.69, 9.17) is 10.2 Å². The van der Waals surface area contributed by atoms with Gasteiger partial charge < -0.3 is 10.2 Å². The molecule has 0 saturated heterocycles. The lowest BCUT2D eigenvalue weighted by atomic mass is 10.00. The first-order valence-corrected chi connectivity index (χ1v) is 4.99. The van der Waals surface area contributed by atoms with Crippen LogP contribution in [0.3, 0.4) is 0 Å². The quantitative estimate of drug-likeness (QED) is 0.830. The Morgan fingerprint density at radius 1 is 1.40 bits per heavy atom. The van der Waals surface area contributed by atoms with Crippen molar-refractivity contribution in [1.29, 1.82) is 0 Å². The molecule has 0 aliphatic heterocycles. The molecular weight excluding hydrogens is 188 g/mol. The zero-order chi connectivity index (χ0) is 10.7. The highest BCUT2D eigenvalue weighted by Crippen LogP contribution is 2.23. The summed E-state index contributed by atoms with van der Waals surface area (Å²) in [7, 11) is 0. The summed E-state index contributed by atoms with van der Waals surface area (Å²) in [5.41, 5.74) is 8.08. The van der Waals surface area contributed by atoms with Gasteiger partial charge in [0.2, 0.25) is 0 Å². The Kier molecular flexibility index (Phi) is 2.83. The summed E-state index contributed by atoms with van der Waals surface area (Å²) in [6, 6.07) is 8.24. The summed E-state index contributed by atoms with van der Waals surface area (Å²) in [6.45, 7) is 2.00. The molecule has 15 heavy (non-hydrogen) atoms. The van der Waals surface area contributed by atoms with Gasteiger partial charge in [-0.2, -0.15) is 0 Å². The number of nitrogens with two attached hydrogens (primary N) is 1. The van der Waals surface area contributed by atoms with Crippen LogP contribution in [0.5, 0.6) is 0 Å². The topological polar surface area (TPSA) is 52.0 Å². The standard InChI is InChI=1S/C12H14N2O/c1-9(13)6-10-4-2-3-5-11(10)12-7-14-8-15-12/h2-5,7-9H,6,13H2,1H3. The number of rotatable bonds is 3. The van der Waals surface area contributed by atoms with Crippen molar-refractivity contribution in [3.8, 4) is 11.3 Å². The maximum atomic E-state index is 5.80. The van der Waals surface area contributed by atoms with Crippen molar-refractivity contribution in [1.82, 2.24) is 4.98 Å². The van der Waals surface area contributed by atoms with Gasteiger partial charge in [-0.25, -0.2) is 4.98 Å². The maximum Gasteiger partial charge on any atom is 0.181 e. The third kappa shape index (κ3) is 2.25. The average Bonchev–Trinajstić information content (AvgIpc) is 2.70. The number of aromatic nitrogens is 1. The smallest absolute Gasteiger partial charge is 0.181 e. The minimum atomic E-state index is 0.147. The summed E-state index contributed by atoms with van der Waals surface area (Å²) in [5.74, 6) is 0.797. The second-order valence-corrected chi connectivity index (χ2v) is 3.70. The van der Waals surface area contributed by atoms with Gasteiger partial charge in [0.15, 0.2) is 12.2 Å². The van der Waals surface area contributed by atoms with Gasteiger partial charge in [0, 0.05) is 11.6 Å². The molecule has 0 bridgehead atoms. The van der Waals surface area contributed by atoms with Crippen LogP contribution in [0.1, 0.15) is 12.5 Å². The van der Waals surface area contributed by atoms with Crippen molar-refractivity contribution >= 4 is 0 Å². The normalized spacial score (nSPS) is 12.7. The highest BCUT2D eigenvalue weighted by molar-refractivity contribution is 5.61. The van der Waals surface area contributed by atoms with E-state index in [0.717, 1.165) is 17.7 Å². The summed E-state index contributed by atoms with van der Waals surface area (Å²) in [4.78, 5) is 3.92. The van der Waals surface area contributed by atoms with E-state index < -0.39 is 0 Å². The van der Waals surface area contributed by atoms with E-state index in [-0.39, 0.29) is 6.04 Å². The molecule has 2 N–H and O–H groups in total. The Labute approximate surface area is 88.9 Å². The largest absolute Gasteiger partial charge is 0.444 e. The zero-order valence-corrected chi connectivity index (χ0v) is 8.68. The molecule has 1 aromatic heterocycles. The minimum Gasteiger partial charge on any atom is -0.444 e. The van der Waals surface area contributed by atoms with Gasteiger partial charge in [0.1, 0.15) is 0 Å². The van der Waals surface area contributed by atoms with Gasteiger partial charge in [-0.1, -0.05) is 24.3 Å². The highest BCUT2D eigenvalue weighted by atomic mass is 16.3.